The van der Waals surface area contributed by atoms with Gasteiger partial charge < -0.3 is 15.2 Å². The molecule has 3 nitrogen and oxygen atoms in total. The predicted molar refractivity (Wildman–Crippen MR) is 76.7 cm³/mol. The van der Waals surface area contributed by atoms with Crippen molar-refractivity contribution in [2.45, 2.75) is 13.2 Å². The van der Waals surface area contributed by atoms with Gasteiger partial charge in [-0.15, -0.1) is 0 Å². The summed E-state index contributed by atoms with van der Waals surface area (Å²) in [5, 5.41) is 0.575. The van der Waals surface area contributed by atoms with Gasteiger partial charge in [0, 0.05) is 12.1 Å². The molecule has 2 N–H and O–H groups in total. The topological polar surface area (TPSA) is 44.5 Å². The van der Waals surface area contributed by atoms with Crippen LogP contribution in [0.2, 0.25) is 5.02 Å². The van der Waals surface area contributed by atoms with Crippen molar-refractivity contribution < 1.29 is 9.47 Å². The molecule has 0 radical (unpaired) electrons. The molecular weight excluding hydrogens is 262 g/mol. The van der Waals surface area contributed by atoms with E-state index >= 15 is 0 Å². The number of ether oxygens (including phenoxy) is 2. The predicted octanol–water partition coefficient (Wildman–Crippen LogP) is 3.39. The minimum absolute atomic E-state index is 0.397. The third-order valence-corrected chi connectivity index (χ3v) is 3.08. The average Bonchev–Trinajstić information content (AvgIpc) is 2.46. The Labute approximate surface area is 117 Å². The lowest BCUT2D eigenvalue weighted by atomic mass is 10.2. The van der Waals surface area contributed by atoms with E-state index in [4.69, 9.17) is 26.8 Å². The first-order valence-electron chi connectivity index (χ1n) is 5.97. The number of rotatable bonds is 5. The van der Waals surface area contributed by atoms with E-state index in [9.17, 15) is 0 Å². The lowest BCUT2D eigenvalue weighted by Gasteiger charge is -2.12. The highest BCUT2D eigenvalue weighted by Gasteiger charge is 2.07. The second kappa shape index (κ2) is 6.45. The zero-order valence-electron chi connectivity index (χ0n) is 10.7. The zero-order valence-corrected chi connectivity index (χ0v) is 11.5. The number of para-hydroxylation sites is 1. The first kappa shape index (κ1) is 13.7. The summed E-state index contributed by atoms with van der Waals surface area (Å²) in [6.45, 7) is 0.821. The van der Waals surface area contributed by atoms with Crippen LogP contribution in [0, 0.1) is 0 Å². The normalized spacial score (nSPS) is 10.3. The van der Waals surface area contributed by atoms with Crippen LogP contribution in [-0.4, -0.2) is 7.11 Å². The molecule has 2 rings (SSSR count). The van der Waals surface area contributed by atoms with Crippen LogP contribution in [0.5, 0.6) is 11.5 Å². The quantitative estimate of drug-likeness (QED) is 0.911. The molecule has 0 amide bonds. The highest BCUT2D eigenvalue weighted by molar-refractivity contribution is 6.32. The fourth-order valence-corrected chi connectivity index (χ4v) is 2.04. The van der Waals surface area contributed by atoms with Gasteiger partial charge in [-0.05, 0) is 23.8 Å². The summed E-state index contributed by atoms with van der Waals surface area (Å²) < 4.78 is 11.0. The molecule has 0 atom stereocenters. The van der Waals surface area contributed by atoms with Crippen LogP contribution in [0.25, 0.3) is 0 Å². The number of benzene rings is 2. The van der Waals surface area contributed by atoms with Crippen LogP contribution < -0.4 is 15.2 Å². The molecule has 0 aliphatic carbocycles. The van der Waals surface area contributed by atoms with E-state index < -0.39 is 0 Å². The monoisotopic (exact) mass is 277 g/mol. The molecule has 4 heteroatoms. The van der Waals surface area contributed by atoms with Crippen LogP contribution in [0.1, 0.15) is 11.1 Å². The Morgan fingerprint density at radius 1 is 1.16 bits per heavy atom. The van der Waals surface area contributed by atoms with Crippen molar-refractivity contribution in [1.82, 2.24) is 0 Å². The zero-order chi connectivity index (χ0) is 13.7. The molecule has 2 aromatic rings. The van der Waals surface area contributed by atoms with Crippen LogP contribution in [0.4, 0.5) is 0 Å². The molecule has 0 saturated heterocycles. The summed E-state index contributed by atoms with van der Waals surface area (Å²) in [6.07, 6.45) is 0. The Morgan fingerprint density at radius 2 is 1.95 bits per heavy atom. The molecule has 0 aromatic heterocycles. The van der Waals surface area contributed by atoms with Crippen LogP contribution in [-0.2, 0) is 13.2 Å². The minimum Gasteiger partial charge on any atom is -0.497 e. The maximum absolute atomic E-state index is 6.13. The smallest absolute Gasteiger partial charge is 0.142 e. The van der Waals surface area contributed by atoms with Crippen molar-refractivity contribution in [1.29, 1.82) is 0 Å². The molecule has 0 saturated carbocycles. The number of halogens is 1. The third kappa shape index (κ3) is 3.40. The van der Waals surface area contributed by atoms with Gasteiger partial charge in [-0.3, -0.25) is 0 Å². The van der Waals surface area contributed by atoms with Gasteiger partial charge in [-0.1, -0.05) is 35.9 Å². The maximum atomic E-state index is 6.13. The highest BCUT2D eigenvalue weighted by atomic mass is 35.5. The molecular formula is C15H16ClNO2. The second-order valence-electron chi connectivity index (χ2n) is 4.07. The van der Waals surface area contributed by atoms with E-state index in [0.29, 0.717) is 23.9 Å². The van der Waals surface area contributed by atoms with Gasteiger partial charge in [0.15, 0.2) is 0 Å². The van der Waals surface area contributed by atoms with Crippen LogP contribution >= 0.6 is 11.6 Å². The standard InChI is InChI=1S/C15H16ClNO2/c1-18-13-6-2-4-11(8-13)10-19-15-12(9-17)5-3-7-14(15)16/h2-8H,9-10,17H2,1H3. The minimum atomic E-state index is 0.397. The Morgan fingerprint density at radius 3 is 2.68 bits per heavy atom. The van der Waals surface area contributed by atoms with Crippen LogP contribution in [0.3, 0.4) is 0 Å². The second-order valence-corrected chi connectivity index (χ2v) is 4.48. The lowest BCUT2D eigenvalue weighted by Crippen LogP contribution is -2.03. The molecule has 0 aliphatic rings. The molecule has 2 aromatic carbocycles. The number of nitrogens with two attached hydrogens (primary N) is 1. The molecule has 19 heavy (non-hydrogen) atoms. The molecule has 0 aliphatic heterocycles. The van der Waals surface area contributed by atoms with Gasteiger partial charge in [0.2, 0.25) is 0 Å². The van der Waals surface area contributed by atoms with Crippen molar-refractivity contribution in [3.8, 4) is 11.5 Å². The fraction of sp³-hybridized carbons (Fsp3) is 0.200. The summed E-state index contributed by atoms with van der Waals surface area (Å²) in [5.74, 6) is 1.45. The molecule has 0 heterocycles. The third-order valence-electron chi connectivity index (χ3n) is 2.79. The van der Waals surface area contributed by atoms with E-state index in [1.165, 1.54) is 0 Å². The Hall–Kier alpha value is -1.71. The first-order chi connectivity index (χ1) is 9.24. The lowest BCUT2D eigenvalue weighted by molar-refractivity contribution is 0.302. The van der Waals surface area contributed by atoms with Crippen molar-refractivity contribution >= 4 is 11.6 Å². The first-order valence-corrected chi connectivity index (χ1v) is 6.35. The van der Waals surface area contributed by atoms with E-state index in [2.05, 4.69) is 0 Å². The molecule has 0 bridgehead atoms. The molecule has 0 spiro atoms. The SMILES string of the molecule is COc1cccc(COc2c(Cl)cccc2CN)c1. The summed E-state index contributed by atoms with van der Waals surface area (Å²) in [5.41, 5.74) is 7.59. The van der Waals surface area contributed by atoms with E-state index in [0.717, 1.165) is 16.9 Å². The average molecular weight is 278 g/mol. The van der Waals surface area contributed by atoms with Gasteiger partial charge in [0.1, 0.15) is 18.1 Å². The van der Waals surface area contributed by atoms with Gasteiger partial charge >= 0.3 is 0 Å². The largest absolute Gasteiger partial charge is 0.497 e. The molecule has 0 unspecified atom stereocenters. The Bertz CT molecular complexity index is 558. The van der Waals surface area contributed by atoms with E-state index in [1.807, 2.05) is 36.4 Å². The summed E-state index contributed by atoms with van der Waals surface area (Å²) in [6, 6.07) is 13.3. The van der Waals surface area contributed by atoms with Crippen LogP contribution in [0.15, 0.2) is 42.5 Å². The highest BCUT2D eigenvalue weighted by Crippen LogP contribution is 2.29. The van der Waals surface area contributed by atoms with E-state index in [1.54, 1.807) is 13.2 Å². The summed E-state index contributed by atoms with van der Waals surface area (Å²) in [7, 11) is 1.64. The van der Waals surface area contributed by atoms with Crippen molar-refractivity contribution in [3.63, 3.8) is 0 Å². The Kier molecular flexibility index (Phi) is 4.66. The number of hydrogen-bond donors (Lipinski definition) is 1. The molecule has 100 valence electrons. The van der Waals surface area contributed by atoms with E-state index in [-0.39, 0.29) is 0 Å². The maximum Gasteiger partial charge on any atom is 0.142 e. The van der Waals surface area contributed by atoms with Crippen molar-refractivity contribution in [2.75, 3.05) is 7.11 Å². The Balaban J connectivity index is 2.14. The summed E-state index contributed by atoms with van der Waals surface area (Å²) >= 11 is 6.13. The van der Waals surface area contributed by atoms with Gasteiger partial charge in [-0.2, -0.15) is 0 Å². The summed E-state index contributed by atoms with van der Waals surface area (Å²) in [4.78, 5) is 0. The molecule has 0 fully saturated rings. The van der Waals surface area contributed by atoms with Gasteiger partial charge in [0.25, 0.3) is 0 Å². The van der Waals surface area contributed by atoms with Gasteiger partial charge in [-0.25, -0.2) is 0 Å². The number of methoxy groups -OCH3 is 1. The van der Waals surface area contributed by atoms with Gasteiger partial charge in [0.05, 0.1) is 12.1 Å². The number of hydrogen-bond acceptors (Lipinski definition) is 3. The van der Waals surface area contributed by atoms with Crippen molar-refractivity contribution in [3.05, 3.63) is 58.6 Å². The fourth-order valence-electron chi connectivity index (χ4n) is 1.79. The van der Waals surface area contributed by atoms with Crippen molar-refractivity contribution in [2.24, 2.45) is 5.73 Å².